The van der Waals surface area contributed by atoms with Crippen LogP contribution < -0.4 is 0 Å². The maximum Gasteiger partial charge on any atom is 0.334 e. The lowest BCUT2D eigenvalue weighted by molar-refractivity contribution is -0.149. The standard InChI is InChI=1S/C11H20O3/c1-8(7-9(2)13-6)10(12)14-11(3,4)5/h7,9H,1-6H3/b8-7+. The second-order valence-electron chi connectivity index (χ2n) is 4.29. The first kappa shape index (κ1) is 13.2. The molecule has 1 atom stereocenters. The number of carbonyl (C=O) groups excluding carboxylic acids is 1. The molecule has 0 aliphatic carbocycles. The molecule has 82 valence electrons. The average molecular weight is 200 g/mol. The van der Waals surface area contributed by atoms with Crippen molar-refractivity contribution in [2.45, 2.75) is 46.3 Å². The molecule has 3 heteroatoms. The molecule has 0 amide bonds. The fraction of sp³-hybridized carbons (Fsp3) is 0.727. The highest BCUT2D eigenvalue weighted by Crippen LogP contribution is 2.11. The molecule has 0 heterocycles. The van der Waals surface area contributed by atoms with E-state index in [1.54, 1.807) is 20.1 Å². The van der Waals surface area contributed by atoms with Gasteiger partial charge in [-0.3, -0.25) is 0 Å². The normalized spacial score (nSPS) is 15.1. The van der Waals surface area contributed by atoms with Crippen LogP contribution in [0.3, 0.4) is 0 Å². The molecule has 0 saturated heterocycles. The van der Waals surface area contributed by atoms with Gasteiger partial charge in [0.05, 0.1) is 6.10 Å². The van der Waals surface area contributed by atoms with E-state index in [9.17, 15) is 4.79 Å². The van der Waals surface area contributed by atoms with Crippen LogP contribution in [0.15, 0.2) is 11.6 Å². The van der Waals surface area contributed by atoms with Crippen LogP contribution in [0.4, 0.5) is 0 Å². The molecule has 0 N–H and O–H groups in total. The van der Waals surface area contributed by atoms with Crippen LogP contribution in [-0.2, 0) is 14.3 Å². The highest BCUT2D eigenvalue weighted by Gasteiger charge is 2.17. The summed E-state index contributed by atoms with van der Waals surface area (Å²) in [6, 6.07) is 0. The first-order chi connectivity index (χ1) is 6.26. The summed E-state index contributed by atoms with van der Waals surface area (Å²) in [4.78, 5) is 11.5. The number of hydrogen-bond acceptors (Lipinski definition) is 3. The molecule has 0 radical (unpaired) electrons. The number of esters is 1. The van der Waals surface area contributed by atoms with Gasteiger partial charge < -0.3 is 9.47 Å². The number of ether oxygens (including phenoxy) is 2. The van der Waals surface area contributed by atoms with Crippen LogP contribution in [-0.4, -0.2) is 24.8 Å². The van der Waals surface area contributed by atoms with Crippen LogP contribution in [0.25, 0.3) is 0 Å². The summed E-state index contributed by atoms with van der Waals surface area (Å²) in [6.07, 6.45) is 1.68. The van der Waals surface area contributed by atoms with Crippen LogP contribution >= 0.6 is 0 Å². The van der Waals surface area contributed by atoms with Gasteiger partial charge in [0.15, 0.2) is 0 Å². The van der Waals surface area contributed by atoms with Crippen molar-refractivity contribution in [2.75, 3.05) is 7.11 Å². The van der Waals surface area contributed by atoms with Crippen molar-refractivity contribution in [1.82, 2.24) is 0 Å². The molecule has 0 bridgehead atoms. The predicted octanol–water partition coefficient (Wildman–Crippen LogP) is 2.31. The van der Waals surface area contributed by atoms with Crippen molar-refractivity contribution in [3.05, 3.63) is 11.6 Å². The largest absolute Gasteiger partial charge is 0.457 e. The number of rotatable bonds is 3. The maximum atomic E-state index is 11.5. The zero-order chi connectivity index (χ0) is 11.4. The molecule has 0 aromatic rings. The second kappa shape index (κ2) is 5.15. The van der Waals surface area contributed by atoms with Crippen molar-refractivity contribution >= 4 is 5.97 Å². The van der Waals surface area contributed by atoms with E-state index in [0.717, 1.165) is 0 Å². The van der Waals surface area contributed by atoms with Gasteiger partial charge in [-0.05, 0) is 40.7 Å². The SMILES string of the molecule is COC(C)/C=C(\C)C(=O)OC(C)(C)C. The lowest BCUT2D eigenvalue weighted by Gasteiger charge is -2.19. The van der Waals surface area contributed by atoms with E-state index in [0.29, 0.717) is 5.57 Å². The van der Waals surface area contributed by atoms with Crippen LogP contribution in [0.5, 0.6) is 0 Å². The minimum absolute atomic E-state index is 0.0671. The number of carbonyl (C=O) groups is 1. The molecule has 0 aromatic carbocycles. The van der Waals surface area contributed by atoms with E-state index in [2.05, 4.69) is 0 Å². The summed E-state index contributed by atoms with van der Waals surface area (Å²) in [5, 5.41) is 0. The van der Waals surface area contributed by atoms with E-state index in [4.69, 9.17) is 9.47 Å². The topological polar surface area (TPSA) is 35.5 Å². The number of methoxy groups -OCH3 is 1. The summed E-state index contributed by atoms with van der Waals surface area (Å²) in [7, 11) is 1.60. The third-order valence-electron chi connectivity index (χ3n) is 1.58. The minimum atomic E-state index is -0.442. The minimum Gasteiger partial charge on any atom is -0.457 e. The van der Waals surface area contributed by atoms with Crippen LogP contribution in [0.2, 0.25) is 0 Å². The lowest BCUT2D eigenvalue weighted by atomic mass is 10.2. The molecular formula is C11H20O3. The first-order valence-corrected chi connectivity index (χ1v) is 4.71. The van der Waals surface area contributed by atoms with E-state index in [-0.39, 0.29) is 12.1 Å². The lowest BCUT2D eigenvalue weighted by Crippen LogP contribution is -2.24. The highest BCUT2D eigenvalue weighted by atomic mass is 16.6. The molecule has 0 aliphatic heterocycles. The number of hydrogen-bond donors (Lipinski definition) is 0. The van der Waals surface area contributed by atoms with Crippen molar-refractivity contribution in [3.8, 4) is 0 Å². The summed E-state index contributed by atoms with van der Waals surface area (Å²) in [6.45, 7) is 9.13. The molecule has 0 rings (SSSR count). The molecule has 0 aliphatic rings. The van der Waals surface area contributed by atoms with Gasteiger partial charge in [0.25, 0.3) is 0 Å². The van der Waals surface area contributed by atoms with Crippen molar-refractivity contribution in [3.63, 3.8) is 0 Å². The summed E-state index contributed by atoms with van der Waals surface area (Å²) < 4.78 is 10.2. The Morgan fingerprint density at radius 2 is 1.86 bits per heavy atom. The Bertz CT molecular complexity index is 223. The van der Waals surface area contributed by atoms with Crippen LogP contribution in [0, 0.1) is 0 Å². The molecule has 14 heavy (non-hydrogen) atoms. The van der Waals surface area contributed by atoms with E-state index in [1.165, 1.54) is 0 Å². The van der Waals surface area contributed by atoms with Gasteiger partial charge in [-0.15, -0.1) is 0 Å². The zero-order valence-electron chi connectivity index (χ0n) is 9.88. The molecular weight excluding hydrogens is 180 g/mol. The quantitative estimate of drug-likeness (QED) is 0.518. The van der Waals surface area contributed by atoms with Gasteiger partial charge >= 0.3 is 5.97 Å². The molecule has 0 spiro atoms. The first-order valence-electron chi connectivity index (χ1n) is 4.71. The second-order valence-corrected chi connectivity index (χ2v) is 4.29. The summed E-state index contributed by atoms with van der Waals surface area (Å²) >= 11 is 0. The predicted molar refractivity (Wildman–Crippen MR) is 56.1 cm³/mol. The average Bonchev–Trinajstić information content (AvgIpc) is 2.00. The Balaban J connectivity index is 4.33. The van der Waals surface area contributed by atoms with Crippen molar-refractivity contribution in [1.29, 1.82) is 0 Å². The fourth-order valence-corrected chi connectivity index (χ4v) is 0.847. The Morgan fingerprint density at radius 3 is 2.21 bits per heavy atom. The molecule has 0 saturated carbocycles. The molecule has 0 aromatic heterocycles. The van der Waals surface area contributed by atoms with E-state index < -0.39 is 5.60 Å². The highest BCUT2D eigenvalue weighted by molar-refractivity contribution is 5.88. The third-order valence-corrected chi connectivity index (χ3v) is 1.58. The molecule has 0 fully saturated rings. The van der Waals surface area contributed by atoms with Gasteiger partial charge in [0.1, 0.15) is 5.60 Å². The summed E-state index contributed by atoms with van der Waals surface area (Å²) in [5.41, 5.74) is 0.136. The van der Waals surface area contributed by atoms with Crippen molar-refractivity contribution in [2.24, 2.45) is 0 Å². The summed E-state index contributed by atoms with van der Waals surface area (Å²) in [5.74, 6) is -0.290. The Hall–Kier alpha value is -0.830. The van der Waals surface area contributed by atoms with Gasteiger partial charge in [-0.2, -0.15) is 0 Å². The Labute approximate surface area is 86.1 Å². The third kappa shape index (κ3) is 5.75. The smallest absolute Gasteiger partial charge is 0.334 e. The Kier molecular flexibility index (Phi) is 4.85. The fourth-order valence-electron chi connectivity index (χ4n) is 0.847. The van der Waals surface area contributed by atoms with Gasteiger partial charge in [0.2, 0.25) is 0 Å². The van der Waals surface area contributed by atoms with E-state index >= 15 is 0 Å². The van der Waals surface area contributed by atoms with Crippen molar-refractivity contribution < 1.29 is 14.3 Å². The molecule has 1 unspecified atom stereocenters. The monoisotopic (exact) mass is 200 g/mol. The maximum absolute atomic E-state index is 11.5. The van der Waals surface area contributed by atoms with Gasteiger partial charge in [0, 0.05) is 12.7 Å². The van der Waals surface area contributed by atoms with E-state index in [1.807, 2.05) is 27.7 Å². The molecule has 3 nitrogen and oxygen atoms in total. The van der Waals surface area contributed by atoms with Gasteiger partial charge in [-0.25, -0.2) is 4.79 Å². The van der Waals surface area contributed by atoms with Crippen LogP contribution in [0.1, 0.15) is 34.6 Å². The van der Waals surface area contributed by atoms with Gasteiger partial charge in [-0.1, -0.05) is 0 Å². The zero-order valence-corrected chi connectivity index (χ0v) is 9.88. The Morgan fingerprint density at radius 1 is 1.36 bits per heavy atom.